The number of hydrogen-bond donors (Lipinski definition) is 1. The largest absolute Gasteiger partial charge is 0.388 e. The molecular formula is C18H31N3O2. The maximum atomic E-state index is 13.0. The molecule has 1 saturated heterocycles. The average molecular weight is 321 g/mol. The standard InChI is InChI=1S/C18H31N3O2/c1-12(2)14-11-13(19-21(14)17(3,4)5)16(22)20-10-8-9-15(20)18(6,7)23/h11-12,15,23H,8-10H2,1-7H3. The lowest BCUT2D eigenvalue weighted by atomic mass is 9.96. The van der Waals surface area contributed by atoms with Crippen LogP contribution in [0.4, 0.5) is 0 Å². The minimum absolute atomic E-state index is 0.0699. The summed E-state index contributed by atoms with van der Waals surface area (Å²) in [7, 11) is 0. The van der Waals surface area contributed by atoms with Gasteiger partial charge in [-0.15, -0.1) is 0 Å². The minimum atomic E-state index is -0.889. The Bertz CT molecular complexity index is 576. The van der Waals surface area contributed by atoms with Gasteiger partial charge < -0.3 is 10.0 Å². The number of hydrogen-bond acceptors (Lipinski definition) is 3. The van der Waals surface area contributed by atoms with E-state index in [0.29, 0.717) is 18.2 Å². The highest BCUT2D eigenvalue weighted by Gasteiger charge is 2.39. The third-order valence-corrected chi connectivity index (χ3v) is 4.51. The second-order valence-corrected chi connectivity index (χ2v) is 8.50. The summed E-state index contributed by atoms with van der Waals surface area (Å²) in [6.07, 6.45) is 1.77. The number of rotatable bonds is 3. The van der Waals surface area contributed by atoms with Gasteiger partial charge in [-0.3, -0.25) is 9.48 Å². The van der Waals surface area contributed by atoms with Crippen molar-refractivity contribution in [2.45, 2.75) is 84.4 Å². The van der Waals surface area contributed by atoms with Gasteiger partial charge in [0.1, 0.15) is 0 Å². The van der Waals surface area contributed by atoms with Crippen LogP contribution in [-0.2, 0) is 5.54 Å². The van der Waals surface area contributed by atoms with Crippen LogP contribution in [0.1, 0.15) is 83.4 Å². The third-order valence-electron chi connectivity index (χ3n) is 4.51. The summed E-state index contributed by atoms with van der Waals surface area (Å²) in [5.74, 6) is 0.228. The number of carbonyl (C=O) groups excluding carboxylic acids is 1. The Labute approximate surface area is 139 Å². The van der Waals surface area contributed by atoms with E-state index in [1.807, 2.05) is 10.7 Å². The van der Waals surface area contributed by atoms with E-state index in [9.17, 15) is 9.90 Å². The Morgan fingerprint density at radius 2 is 1.91 bits per heavy atom. The first-order chi connectivity index (χ1) is 10.4. The Balaban J connectivity index is 2.37. The van der Waals surface area contributed by atoms with Crippen LogP contribution in [0.3, 0.4) is 0 Å². The van der Waals surface area contributed by atoms with Crippen LogP contribution >= 0.6 is 0 Å². The van der Waals surface area contributed by atoms with E-state index < -0.39 is 5.60 Å². The second kappa shape index (κ2) is 5.93. The number of likely N-dealkylation sites (tertiary alicyclic amines) is 1. The summed E-state index contributed by atoms with van der Waals surface area (Å²) in [6.45, 7) is 14.7. The van der Waals surface area contributed by atoms with Crippen molar-refractivity contribution in [1.82, 2.24) is 14.7 Å². The zero-order valence-electron chi connectivity index (χ0n) is 15.6. The topological polar surface area (TPSA) is 58.4 Å². The average Bonchev–Trinajstić information content (AvgIpc) is 3.03. The lowest BCUT2D eigenvalue weighted by Gasteiger charge is -2.33. The molecule has 5 heteroatoms. The van der Waals surface area contributed by atoms with Crippen molar-refractivity contribution >= 4 is 5.91 Å². The molecule has 5 nitrogen and oxygen atoms in total. The highest BCUT2D eigenvalue weighted by atomic mass is 16.3. The van der Waals surface area contributed by atoms with Crippen LogP contribution in [0.5, 0.6) is 0 Å². The molecule has 1 aliphatic heterocycles. The number of nitrogens with zero attached hydrogens (tertiary/aromatic N) is 3. The molecule has 23 heavy (non-hydrogen) atoms. The molecule has 1 atom stereocenters. The molecule has 1 amide bonds. The van der Waals surface area contributed by atoms with Gasteiger partial charge in [0.15, 0.2) is 5.69 Å². The van der Waals surface area contributed by atoms with Crippen LogP contribution in [0, 0.1) is 0 Å². The van der Waals surface area contributed by atoms with Crippen molar-refractivity contribution in [3.8, 4) is 0 Å². The fourth-order valence-electron chi connectivity index (χ4n) is 3.34. The molecule has 1 aromatic heterocycles. The van der Waals surface area contributed by atoms with Crippen molar-refractivity contribution in [3.63, 3.8) is 0 Å². The van der Waals surface area contributed by atoms with Gasteiger partial charge in [0.25, 0.3) is 5.91 Å². The molecule has 130 valence electrons. The monoisotopic (exact) mass is 321 g/mol. The van der Waals surface area contributed by atoms with E-state index in [0.717, 1.165) is 18.5 Å². The summed E-state index contributed by atoms with van der Waals surface area (Å²) in [4.78, 5) is 14.7. The van der Waals surface area contributed by atoms with Gasteiger partial charge in [-0.25, -0.2) is 0 Å². The Morgan fingerprint density at radius 1 is 1.30 bits per heavy atom. The molecular weight excluding hydrogens is 290 g/mol. The molecule has 0 spiro atoms. The van der Waals surface area contributed by atoms with E-state index in [4.69, 9.17) is 0 Å². The van der Waals surface area contributed by atoms with Gasteiger partial charge in [-0.2, -0.15) is 5.10 Å². The fourth-order valence-corrected chi connectivity index (χ4v) is 3.34. The first-order valence-electron chi connectivity index (χ1n) is 8.56. The summed E-state index contributed by atoms with van der Waals surface area (Å²) >= 11 is 0. The normalized spacial score (nSPS) is 19.7. The first kappa shape index (κ1) is 18.0. The number of carbonyl (C=O) groups is 1. The van der Waals surface area contributed by atoms with Gasteiger partial charge in [0.05, 0.1) is 17.2 Å². The van der Waals surface area contributed by atoms with Crippen LogP contribution in [0.15, 0.2) is 6.07 Å². The van der Waals surface area contributed by atoms with Gasteiger partial charge in [0, 0.05) is 12.2 Å². The second-order valence-electron chi connectivity index (χ2n) is 8.50. The van der Waals surface area contributed by atoms with Gasteiger partial charge in [-0.1, -0.05) is 13.8 Å². The van der Waals surface area contributed by atoms with E-state index in [1.54, 1.807) is 18.7 Å². The molecule has 2 rings (SSSR count). The SMILES string of the molecule is CC(C)c1cc(C(=O)N2CCCC2C(C)(C)O)nn1C(C)(C)C. The number of aliphatic hydroxyl groups is 1. The van der Waals surface area contributed by atoms with Crippen molar-refractivity contribution in [1.29, 1.82) is 0 Å². The molecule has 1 aliphatic rings. The molecule has 1 aromatic rings. The Kier molecular flexibility index (Phi) is 4.64. The van der Waals surface area contributed by atoms with Gasteiger partial charge in [-0.05, 0) is 59.4 Å². The van der Waals surface area contributed by atoms with Gasteiger partial charge in [0.2, 0.25) is 0 Å². The minimum Gasteiger partial charge on any atom is -0.388 e. The van der Waals surface area contributed by atoms with Crippen molar-refractivity contribution in [2.24, 2.45) is 0 Å². The molecule has 1 N–H and O–H groups in total. The number of amides is 1. The molecule has 0 radical (unpaired) electrons. The lowest BCUT2D eigenvalue weighted by molar-refractivity contribution is 0.0000636. The van der Waals surface area contributed by atoms with Crippen LogP contribution in [-0.4, -0.2) is 43.9 Å². The van der Waals surface area contributed by atoms with E-state index in [2.05, 4.69) is 39.7 Å². The third kappa shape index (κ3) is 3.60. The summed E-state index contributed by atoms with van der Waals surface area (Å²) in [6, 6.07) is 1.77. The zero-order valence-corrected chi connectivity index (χ0v) is 15.6. The Hall–Kier alpha value is -1.36. The first-order valence-corrected chi connectivity index (χ1v) is 8.56. The molecule has 0 saturated carbocycles. The van der Waals surface area contributed by atoms with Crippen molar-refractivity contribution < 1.29 is 9.90 Å². The molecule has 0 aliphatic carbocycles. The lowest BCUT2D eigenvalue weighted by Crippen LogP contribution is -2.48. The van der Waals surface area contributed by atoms with Crippen LogP contribution in [0.2, 0.25) is 0 Å². The quantitative estimate of drug-likeness (QED) is 0.930. The predicted molar refractivity (Wildman–Crippen MR) is 91.7 cm³/mol. The maximum Gasteiger partial charge on any atom is 0.274 e. The highest BCUT2D eigenvalue weighted by molar-refractivity contribution is 5.93. The maximum absolute atomic E-state index is 13.0. The van der Waals surface area contributed by atoms with Crippen molar-refractivity contribution in [2.75, 3.05) is 6.54 Å². The smallest absolute Gasteiger partial charge is 0.274 e. The number of aromatic nitrogens is 2. The zero-order chi connectivity index (χ0) is 17.6. The molecule has 0 aromatic carbocycles. The fraction of sp³-hybridized carbons (Fsp3) is 0.778. The van der Waals surface area contributed by atoms with Crippen molar-refractivity contribution in [3.05, 3.63) is 17.5 Å². The van der Waals surface area contributed by atoms with E-state index >= 15 is 0 Å². The van der Waals surface area contributed by atoms with Crippen LogP contribution in [0.25, 0.3) is 0 Å². The summed E-state index contributed by atoms with van der Waals surface area (Å²) < 4.78 is 1.96. The van der Waals surface area contributed by atoms with E-state index in [1.165, 1.54) is 0 Å². The molecule has 1 fully saturated rings. The summed E-state index contributed by atoms with van der Waals surface area (Å²) in [5, 5.41) is 14.9. The van der Waals surface area contributed by atoms with Gasteiger partial charge >= 0.3 is 0 Å². The highest BCUT2D eigenvalue weighted by Crippen LogP contribution is 2.29. The van der Waals surface area contributed by atoms with Crippen LogP contribution < -0.4 is 0 Å². The molecule has 1 unspecified atom stereocenters. The van der Waals surface area contributed by atoms with E-state index in [-0.39, 0.29) is 17.5 Å². The predicted octanol–water partition coefficient (Wildman–Crippen LogP) is 3.14. The summed E-state index contributed by atoms with van der Waals surface area (Å²) in [5.41, 5.74) is 0.498. The molecule has 0 bridgehead atoms. The molecule has 2 heterocycles. The Morgan fingerprint density at radius 3 is 2.35 bits per heavy atom.